The molecule has 0 bridgehead atoms. The predicted molar refractivity (Wildman–Crippen MR) is 76.7 cm³/mol. The van der Waals surface area contributed by atoms with Crippen molar-refractivity contribution in [1.29, 1.82) is 0 Å². The van der Waals surface area contributed by atoms with Gasteiger partial charge >= 0.3 is 0 Å². The number of methoxy groups -OCH3 is 2. The Bertz CT molecular complexity index is 591. The molecule has 0 aliphatic heterocycles. The Morgan fingerprint density at radius 2 is 1.65 bits per heavy atom. The predicted octanol–water partition coefficient (Wildman–Crippen LogP) is 3.20. The number of hydrogen-bond donors (Lipinski definition) is 1. The van der Waals surface area contributed by atoms with Crippen LogP contribution < -0.4 is 15.2 Å². The van der Waals surface area contributed by atoms with Crippen molar-refractivity contribution in [1.82, 2.24) is 0 Å². The Hall–Kier alpha value is -2.07. The fourth-order valence-corrected chi connectivity index (χ4v) is 2.29. The van der Waals surface area contributed by atoms with Gasteiger partial charge in [-0.05, 0) is 42.3 Å². The maximum absolute atomic E-state index is 13.5. The molecule has 3 nitrogen and oxygen atoms in total. The summed E-state index contributed by atoms with van der Waals surface area (Å²) < 4.78 is 24.2. The van der Waals surface area contributed by atoms with Crippen LogP contribution in [0.25, 0.3) is 0 Å². The average Bonchev–Trinajstić information content (AvgIpc) is 2.48. The summed E-state index contributed by atoms with van der Waals surface area (Å²) in [7, 11) is 3.15. The molecule has 0 aromatic heterocycles. The zero-order valence-corrected chi connectivity index (χ0v) is 11.8. The second-order valence-electron chi connectivity index (χ2n) is 4.55. The third-order valence-corrected chi connectivity index (χ3v) is 3.35. The van der Waals surface area contributed by atoms with Crippen LogP contribution in [0.3, 0.4) is 0 Å². The number of rotatable bonds is 4. The third-order valence-electron chi connectivity index (χ3n) is 3.35. The van der Waals surface area contributed by atoms with Gasteiger partial charge in [0.15, 0.2) is 0 Å². The molecule has 0 aliphatic carbocycles. The molecule has 2 aromatic carbocycles. The monoisotopic (exact) mass is 275 g/mol. The van der Waals surface area contributed by atoms with E-state index in [1.807, 2.05) is 25.1 Å². The molecule has 1 unspecified atom stereocenters. The normalized spacial score (nSPS) is 12.1. The standard InChI is InChI=1S/C16H18FNO2/c1-10-7-8-11(17)9-12(10)16(18)15-13(19-2)5-4-6-14(15)20-3/h4-9,16H,18H2,1-3H3. The van der Waals surface area contributed by atoms with Crippen LogP contribution in [0.4, 0.5) is 4.39 Å². The average molecular weight is 275 g/mol. The molecule has 0 saturated heterocycles. The van der Waals surface area contributed by atoms with E-state index < -0.39 is 6.04 Å². The van der Waals surface area contributed by atoms with Crippen LogP contribution in [-0.4, -0.2) is 14.2 Å². The van der Waals surface area contributed by atoms with Gasteiger partial charge in [-0.2, -0.15) is 0 Å². The molecule has 0 aliphatic rings. The first kappa shape index (κ1) is 14.3. The summed E-state index contributed by atoms with van der Waals surface area (Å²) >= 11 is 0. The van der Waals surface area contributed by atoms with E-state index in [0.717, 1.165) is 5.56 Å². The number of hydrogen-bond acceptors (Lipinski definition) is 3. The van der Waals surface area contributed by atoms with E-state index in [-0.39, 0.29) is 5.82 Å². The van der Waals surface area contributed by atoms with Gasteiger partial charge in [0.2, 0.25) is 0 Å². The number of aryl methyl sites for hydroxylation is 1. The van der Waals surface area contributed by atoms with Crippen LogP contribution >= 0.6 is 0 Å². The molecule has 2 N–H and O–H groups in total. The molecule has 1 atom stereocenters. The molecular weight excluding hydrogens is 257 g/mol. The van der Waals surface area contributed by atoms with Gasteiger partial charge in [-0.25, -0.2) is 4.39 Å². The van der Waals surface area contributed by atoms with E-state index in [9.17, 15) is 4.39 Å². The highest BCUT2D eigenvalue weighted by Crippen LogP contribution is 2.36. The van der Waals surface area contributed by atoms with Crippen LogP contribution in [0.2, 0.25) is 0 Å². The van der Waals surface area contributed by atoms with E-state index in [2.05, 4.69) is 0 Å². The molecule has 2 rings (SSSR count). The summed E-state index contributed by atoms with van der Waals surface area (Å²) in [5.41, 5.74) is 8.66. The Morgan fingerprint density at radius 3 is 2.20 bits per heavy atom. The molecule has 0 radical (unpaired) electrons. The fourth-order valence-electron chi connectivity index (χ4n) is 2.29. The number of halogens is 1. The number of nitrogens with two attached hydrogens (primary N) is 1. The summed E-state index contributed by atoms with van der Waals surface area (Å²) in [6.07, 6.45) is 0. The Labute approximate surface area is 118 Å². The lowest BCUT2D eigenvalue weighted by molar-refractivity contribution is 0.382. The lowest BCUT2D eigenvalue weighted by Gasteiger charge is -2.20. The minimum Gasteiger partial charge on any atom is -0.496 e. The van der Waals surface area contributed by atoms with Gasteiger partial charge in [0.25, 0.3) is 0 Å². The highest BCUT2D eigenvalue weighted by Gasteiger charge is 2.20. The van der Waals surface area contributed by atoms with Crippen LogP contribution in [0.1, 0.15) is 22.7 Å². The van der Waals surface area contributed by atoms with E-state index in [1.165, 1.54) is 12.1 Å². The lowest BCUT2D eigenvalue weighted by atomic mass is 9.94. The van der Waals surface area contributed by atoms with Crippen LogP contribution in [0.15, 0.2) is 36.4 Å². The largest absolute Gasteiger partial charge is 0.496 e. The Kier molecular flexibility index (Phi) is 4.25. The first-order valence-electron chi connectivity index (χ1n) is 6.31. The summed E-state index contributed by atoms with van der Waals surface area (Å²) in [6.45, 7) is 1.90. The van der Waals surface area contributed by atoms with Crippen molar-refractivity contribution >= 4 is 0 Å². The summed E-state index contributed by atoms with van der Waals surface area (Å²) in [5.74, 6) is 0.941. The van der Waals surface area contributed by atoms with Crippen molar-refractivity contribution in [2.75, 3.05) is 14.2 Å². The number of benzene rings is 2. The minimum absolute atomic E-state index is 0.310. The molecule has 0 fully saturated rings. The molecule has 20 heavy (non-hydrogen) atoms. The van der Waals surface area contributed by atoms with E-state index in [4.69, 9.17) is 15.2 Å². The Morgan fingerprint density at radius 1 is 1.05 bits per heavy atom. The second kappa shape index (κ2) is 5.92. The molecule has 2 aromatic rings. The maximum atomic E-state index is 13.5. The van der Waals surface area contributed by atoms with Gasteiger partial charge in [-0.15, -0.1) is 0 Å². The van der Waals surface area contributed by atoms with Crippen LogP contribution in [-0.2, 0) is 0 Å². The fraction of sp³-hybridized carbons (Fsp3) is 0.250. The van der Waals surface area contributed by atoms with Gasteiger partial charge in [-0.3, -0.25) is 0 Å². The van der Waals surface area contributed by atoms with Gasteiger partial charge < -0.3 is 15.2 Å². The number of ether oxygens (including phenoxy) is 2. The van der Waals surface area contributed by atoms with Gasteiger partial charge in [-0.1, -0.05) is 12.1 Å². The SMILES string of the molecule is COc1cccc(OC)c1C(N)c1cc(F)ccc1C. The molecular formula is C16H18FNO2. The highest BCUT2D eigenvalue weighted by molar-refractivity contribution is 5.51. The zero-order chi connectivity index (χ0) is 14.7. The van der Waals surface area contributed by atoms with Crippen LogP contribution in [0.5, 0.6) is 11.5 Å². The van der Waals surface area contributed by atoms with Gasteiger partial charge in [0, 0.05) is 0 Å². The summed E-state index contributed by atoms with van der Waals surface area (Å²) in [5, 5.41) is 0. The second-order valence-corrected chi connectivity index (χ2v) is 4.55. The highest BCUT2D eigenvalue weighted by atomic mass is 19.1. The lowest BCUT2D eigenvalue weighted by Crippen LogP contribution is -2.16. The quantitative estimate of drug-likeness (QED) is 0.932. The molecule has 0 saturated carbocycles. The molecule has 106 valence electrons. The van der Waals surface area contributed by atoms with Crippen molar-refractivity contribution in [3.63, 3.8) is 0 Å². The van der Waals surface area contributed by atoms with Gasteiger partial charge in [0.05, 0.1) is 25.8 Å². The topological polar surface area (TPSA) is 44.5 Å². The van der Waals surface area contributed by atoms with Gasteiger partial charge in [0.1, 0.15) is 17.3 Å². The third kappa shape index (κ3) is 2.60. The van der Waals surface area contributed by atoms with E-state index in [0.29, 0.717) is 22.6 Å². The zero-order valence-electron chi connectivity index (χ0n) is 11.8. The smallest absolute Gasteiger partial charge is 0.127 e. The Balaban J connectivity index is 2.58. The minimum atomic E-state index is -0.517. The van der Waals surface area contributed by atoms with Crippen LogP contribution in [0, 0.1) is 12.7 Å². The van der Waals surface area contributed by atoms with Crippen molar-refractivity contribution < 1.29 is 13.9 Å². The molecule has 0 spiro atoms. The first-order valence-corrected chi connectivity index (χ1v) is 6.31. The first-order chi connectivity index (χ1) is 9.58. The molecule has 4 heteroatoms. The van der Waals surface area contributed by atoms with E-state index in [1.54, 1.807) is 20.3 Å². The molecule has 0 amide bonds. The maximum Gasteiger partial charge on any atom is 0.127 e. The van der Waals surface area contributed by atoms with Crippen molar-refractivity contribution in [3.8, 4) is 11.5 Å². The van der Waals surface area contributed by atoms with Crippen molar-refractivity contribution in [3.05, 3.63) is 58.9 Å². The summed E-state index contributed by atoms with van der Waals surface area (Å²) in [4.78, 5) is 0. The molecule has 0 heterocycles. The van der Waals surface area contributed by atoms with Crippen molar-refractivity contribution in [2.24, 2.45) is 5.73 Å². The van der Waals surface area contributed by atoms with Crippen molar-refractivity contribution in [2.45, 2.75) is 13.0 Å². The summed E-state index contributed by atoms with van der Waals surface area (Å²) in [6, 6.07) is 9.52. The van der Waals surface area contributed by atoms with E-state index >= 15 is 0 Å².